The van der Waals surface area contributed by atoms with Crippen LogP contribution in [0.15, 0.2) is 60.8 Å². The van der Waals surface area contributed by atoms with Gasteiger partial charge in [-0.2, -0.15) is 5.10 Å². The van der Waals surface area contributed by atoms with E-state index in [9.17, 15) is 9.59 Å². The van der Waals surface area contributed by atoms with Gasteiger partial charge in [-0.15, -0.1) is 0 Å². The lowest BCUT2D eigenvalue weighted by Crippen LogP contribution is -2.33. The quantitative estimate of drug-likeness (QED) is 0.395. The lowest BCUT2D eigenvalue weighted by molar-refractivity contribution is -0.134. The van der Waals surface area contributed by atoms with E-state index in [2.05, 4.69) is 9.84 Å². The summed E-state index contributed by atoms with van der Waals surface area (Å²) in [6.45, 7) is 1.59. The van der Waals surface area contributed by atoms with Crippen molar-refractivity contribution in [2.24, 2.45) is 0 Å². The molecule has 1 aromatic heterocycles. The molecule has 4 rings (SSSR count). The molecule has 1 aliphatic heterocycles. The van der Waals surface area contributed by atoms with Gasteiger partial charge in [0, 0.05) is 36.4 Å². The number of ether oxygens (including phenoxy) is 1. The van der Waals surface area contributed by atoms with Crippen LogP contribution in [0, 0.1) is 6.92 Å². The molecule has 1 aliphatic rings. The second-order valence-electron chi connectivity index (χ2n) is 7.58. The van der Waals surface area contributed by atoms with Crippen LogP contribution in [0.3, 0.4) is 0 Å². The summed E-state index contributed by atoms with van der Waals surface area (Å²) in [5.74, 6) is -4.76. The molecule has 0 atom stereocenters. The van der Waals surface area contributed by atoms with Crippen molar-refractivity contribution in [1.29, 1.82) is 0 Å². The molecular weight excluding hydrogens is 452 g/mol. The maximum Gasteiger partial charge on any atom is 0.330 e. The first-order valence-corrected chi connectivity index (χ1v) is 10.5. The number of hydrogen-bond donors (Lipinski definition) is 0. The number of halogens is 3. The van der Waals surface area contributed by atoms with E-state index in [-0.39, 0.29) is 28.4 Å². The Morgan fingerprint density at radius 2 is 1.94 bits per heavy atom. The van der Waals surface area contributed by atoms with E-state index in [0.717, 1.165) is 18.9 Å². The molecule has 0 radical (unpaired) electrons. The van der Waals surface area contributed by atoms with Crippen molar-refractivity contribution in [3.63, 3.8) is 0 Å². The Morgan fingerprint density at radius 3 is 2.61 bits per heavy atom. The predicted molar refractivity (Wildman–Crippen MR) is 121 cm³/mol. The van der Waals surface area contributed by atoms with E-state index in [0.29, 0.717) is 5.69 Å². The molecule has 1 amide bonds. The number of allylic oxidation sites excluding steroid dienone is 1. The molecule has 6 nitrogen and oxygen atoms in total. The van der Waals surface area contributed by atoms with Crippen molar-refractivity contribution in [2.75, 3.05) is 18.6 Å². The third-order valence-electron chi connectivity index (χ3n) is 5.41. The smallest absolute Gasteiger partial charge is 0.330 e. The summed E-state index contributed by atoms with van der Waals surface area (Å²) in [6.07, 6.45) is 1.88. The maximum absolute atomic E-state index is 15.0. The van der Waals surface area contributed by atoms with Gasteiger partial charge in [0.2, 0.25) is 0 Å². The van der Waals surface area contributed by atoms with Gasteiger partial charge in [-0.3, -0.25) is 4.79 Å². The number of esters is 1. The zero-order valence-corrected chi connectivity index (χ0v) is 18.6. The standard InChI is InChI=1S/C24H20ClF2N3O3/c1-15-9-11-30(28-15)16-7-8-18(20(25)13-16)23(32)29-12-10-24(26,27)19(14-22(31)33-2)17-5-3-4-6-21(17)29/h3-9,11,13-14H,10,12H2,1-2H3/b19-14-. The number of hydrogen-bond acceptors (Lipinski definition) is 4. The van der Waals surface area contributed by atoms with E-state index in [1.165, 1.54) is 11.0 Å². The predicted octanol–water partition coefficient (Wildman–Crippen LogP) is 5.08. The number of para-hydroxylation sites is 1. The number of alkyl halides is 2. The minimum atomic E-state index is -3.34. The second kappa shape index (κ2) is 8.78. The summed E-state index contributed by atoms with van der Waals surface area (Å²) in [7, 11) is 1.12. The molecule has 9 heteroatoms. The molecule has 2 heterocycles. The number of carbonyl (C=O) groups excluding carboxylic acids is 2. The van der Waals surface area contributed by atoms with Gasteiger partial charge >= 0.3 is 5.97 Å². The SMILES string of the molecule is COC(=O)/C=C1/c2ccccc2N(C(=O)c2ccc(-n3ccc(C)n3)cc2Cl)CCC1(F)F. The maximum atomic E-state index is 15.0. The molecule has 0 aliphatic carbocycles. The van der Waals surface area contributed by atoms with Crippen molar-refractivity contribution >= 4 is 34.7 Å². The number of anilines is 1. The first kappa shape index (κ1) is 22.7. The van der Waals surface area contributed by atoms with E-state index >= 15 is 8.78 Å². The largest absolute Gasteiger partial charge is 0.466 e. The lowest BCUT2D eigenvalue weighted by Gasteiger charge is -2.23. The van der Waals surface area contributed by atoms with Gasteiger partial charge in [0.1, 0.15) is 0 Å². The molecule has 0 saturated carbocycles. The van der Waals surface area contributed by atoms with Crippen molar-refractivity contribution in [1.82, 2.24) is 9.78 Å². The average Bonchev–Trinajstić information content (AvgIpc) is 3.19. The average molecular weight is 472 g/mol. The summed E-state index contributed by atoms with van der Waals surface area (Å²) >= 11 is 6.43. The molecular formula is C24H20ClF2N3O3. The van der Waals surface area contributed by atoms with Crippen molar-refractivity contribution in [3.8, 4) is 5.69 Å². The van der Waals surface area contributed by atoms with Crippen LogP contribution in [-0.4, -0.2) is 41.2 Å². The molecule has 0 saturated heterocycles. The first-order valence-electron chi connectivity index (χ1n) is 10.1. The highest BCUT2D eigenvalue weighted by Crippen LogP contribution is 2.43. The van der Waals surface area contributed by atoms with Crippen molar-refractivity contribution in [3.05, 3.63) is 82.6 Å². The third-order valence-corrected chi connectivity index (χ3v) is 5.72. The van der Waals surface area contributed by atoms with Crippen molar-refractivity contribution < 1.29 is 23.1 Å². The number of aromatic nitrogens is 2. The highest BCUT2D eigenvalue weighted by Gasteiger charge is 2.41. The second-order valence-corrected chi connectivity index (χ2v) is 7.98. The highest BCUT2D eigenvalue weighted by molar-refractivity contribution is 6.34. The van der Waals surface area contributed by atoms with Gasteiger partial charge in [-0.25, -0.2) is 18.3 Å². The fourth-order valence-electron chi connectivity index (χ4n) is 3.74. The molecule has 0 N–H and O–H groups in total. The Kier molecular flexibility index (Phi) is 6.03. The fourth-order valence-corrected chi connectivity index (χ4v) is 3.99. The number of rotatable bonds is 3. The van der Waals surface area contributed by atoms with Crippen LogP contribution in [-0.2, 0) is 9.53 Å². The minimum Gasteiger partial charge on any atom is -0.466 e. The summed E-state index contributed by atoms with van der Waals surface area (Å²) in [5.41, 5.74) is 1.51. The minimum absolute atomic E-state index is 0.0820. The molecule has 0 fully saturated rings. The summed E-state index contributed by atoms with van der Waals surface area (Å²) in [5, 5.41) is 4.49. The van der Waals surface area contributed by atoms with Crippen LogP contribution in [0.5, 0.6) is 0 Å². The molecule has 2 aromatic carbocycles. The molecule has 33 heavy (non-hydrogen) atoms. The number of benzene rings is 2. The van der Waals surface area contributed by atoms with Gasteiger partial charge in [-0.05, 0) is 37.3 Å². The van der Waals surface area contributed by atoms with Crippen LogP contribution < -0.4 is 4.90 Å². The Balaban J connectivity index is 1.76. The van der Waals surface area contributed by atoms with Gasteiger partial charge in [0.15, 0.2) is 0 Å². The summed E-state index contributed by atoms with van der Waals surface area (Å²) in [6, 6.07) is 12.9. The molecule has 170 valence electrons. The molecule has 0 spiro atoms. The highest BCUT2D eigenvalue weighted by atomic mass is 35.5. The Bertz CT molecular complexity index is 1270. The van der Waals surface area contributed by atoms with Crippen LogP contribution in [0.2, 0.25) is 5.02 Å². The Labute approximate surface area is 194 Å². The number of aryl methyl sites for hydroxylation is 1. The van der Waals surface area contributed by atoms with Gasteiger partial charge in [0.25, 0.3) is 11.8 Å². The molecule has 0 unspecified atom stereocenters. The van der Waals surface area contributed by atoms with Gasteiger partial charge < -0.3 is 9.64 Å². The summed E-state index contributed by atoms with van der Waals surface area (Å²) < 4.78 is 36.2. The normalized spacial score (nSPS) is 16.3. The van der Waals surface area contributed by atoms with Gasteiger partial charge in [-0.1, -0.05) is 29.8 Å². The number of amides is 1. The number of fused-ring (bicyclic) bond motifs is 1. The molecule has 3 aromatic rings. The van der Waals surface area contributed by atoms with E-state index in [1.54, 1.807) is 47.3 Å². The Hall–Kier alpha value is -3.52. The summed E-state index contributed by atoms with van der Waals surface area (Å²) in [4.78, 5) is 26.5. The van der Waals surface area contributed by atoms with E-state index in [4.69, 9.17) is 11.6 Å². The third kappa shape index (κ3) is 4.39. The lowest BCUT2D eigenvalue weighted by atomic mass is 9.97. The van der Waals surface area contributed by atoms with Crippen LogP contribution in [0.1, 0.15) is 28.0 Å². The fraction of sp³-hybridized carbons (Fsp3) is 0.208. The molecule has 0 bridgehead atoms. The zero-order chi connectivity index (χ0) is 23.8. The topological polar surface area (TPSA) is 64.4 Å². The number of methoxy groups -OCH3 is 1. The first-order chi connectivity index (χ1) is 15.7. The monoisotopic (exact) mass is 471 g/mol. The Morgan fingerprint density at radius 1 is 1.18 bits per heavy atom. The number of nitrogens with zero attached hydrogens (tertiary/aromatic N) is 3. The number of carbonyl (C=O) groups is 2. The van der Waals surface area contributed by atoms with E-state index < -0.39 is 29.8 Å². The zero-order valence-electron chi connectivity index (χ0n) is 17.9. The van der Waals surface area contributed by atoms with Crippen LogP contribution in [0.4, 0.5) is 14.5 Å². The van der Waals surface area contributed by atoms with Crippen molar-refractivity contribution in [2.45, 2.75) is 19.3 Å². The van der Waals surface area contributed by atoms with E-state index in [1.807, 2.05) is 13.0 Å². The van der Waals surface area contributed by atoms with Gasteiger partial charge in [0.05, 0.1) is 34.8 Å². The van der Waals surface area contributed by atoms with Crippen LogP contribution in [0.25, 0.3) is 11.3 Å². The van der Waals surface area contributed by atoms with Crippen LogP contribution >= 0.6 is 11.6 Å².